The van der Waals surface area contributed by atoms with Gasteiger partial charge in [-0.25, -0.2) is 15.0 Å². The van der Waals surface area contributed by atoms with Crippen molar-refractivity contribution in [1.82, 2.24) is 19.9 Å². The van der Waals surface area contributed by atoms with E-state index in [0.717, 1.165) is 74.5 Å². The molecule has 0 amide bonds. The van der Waals surface area contributed by atoms with E-state index in [1.54, 1.807) is 38.6 Å². The molecule has 1 saturated heterocycles. The molecule has 0 unspecified atom stereocenters. The van der Waals surface area contributed by atoms with Gasteiger partial charge in [-0.1, -0.05) is 0 Å². The summed E-state index contributed by atoms with van der Waals surface area (Å²) in [4.78, 5) is 20.1. The number of ether oxygens (including phenoxy) is 2. The number of nitrogens with zero attached hydrogens (tertiary/aromatic N) is 5. The Morgan fingerprint density at radius 2 is 1.71 bits per heavy atom. The van der Waals surface area contributed by atoms with Crippen LogP contribution in [0.25, 0.3) is 11.0 Å². The molecule has 1 aliphatic carbocycles. The van der Waals surface area contributed by atoms with Crippen LogP contribution in [0.1, 0.15) is 45.1 Å². The van der Waals surface area contributed by atoms with Gasteiger partial charge in [0.05, 0.1) is 30.4 Å². The van der Waals surface area contributed by atoms with Crippen molar-refractivity contribution >= 4 is 22.7 Å². The first-order valence-corrected chi connectivity index (χ1v) is 12.0. The fourth-order valence-electron chi connectivity index (χ4n) is 4.53. The first kappa shape index (κ1) is 22.7. The molecule has 5 rings (SSSR count). The smallest absolute Gasteiger partial charge is 0.222 e. The highest BCUT2D eigenvalue weighted by Gasteiger charge is 2.25. The van der Waals surface area contributed by atoms with Gasteiger partial charge in [-0.2, -0.15) is 0 Å². The third kappa shape index (κ3) is 5.20. The van der Waals surface area contributed by atoms with Gasteiger partial charge in [0, 0.05) is 61.2 Å². The van der Waals surface area contributed by atoms with E-state index in [-0.39, 0.29) is 6.10 Å². The van der Waals surface area contributed by atoms with Gasteiger partial charge in [0.25, 0.3) is 0 Å². The van der Waals surface area contributed by atoms with E-state index in [1.165, 1.54) is 0 Å². The molecule has 3 heterocycles. The van der Waals surface area contributed by atoms with Crippen LogP contribution in [0.15, 0.2) is 36.9 Å². The maximum Gasteiger partial charge on any atom is 0.222 e. The standard InChI is InChI=1S/C25H32N6O3/c1-25(2,32)17-15-28-24(29-16-17)30-18-3-5-20(6-4-18)34-22-14-19(31-9-11-33-12-10-31)13-21-23(22)27-8-7-26-21/h7-8,13-16,18,20,32H,3-6,9-12H2,1-2H3,(H,28,29,30)/t18-,20+. The molecule has 0 spiro atoms. The molecular weight excluding hydrogens is 432 g/mol. The first-order chi connectivity index (χ1) is 16.5. The third-order valence-corrected chi connectivity index (χ3v) is 6.56. The van der Waals surface area contributed by atoms with Crippen LogP contribution in [-0.4, -0.2) is 63.5 Å². The summed E-state index contributed by atoms with van der Waals surface area (Å²) in [6.45, 7) is 6.64. The summed E-state index contributed by atoms with van der Waals surface area (Å²) in [7, 11) is 0. The Morgan fingerprint density at radius 3 is 2.41 bits per heavy atom. The number of benzene rings is 1. The van der Waals surface area contributed by atoms with Gasteiger partial charge in [0.1, 0.15) is 11.3 Å². The van der Waals surface area contributed by atoms with Gasteiger partial charge in [-0.3, -0.25) is 4.98 Å². The van der Waals surface area contributed by atoms with Crippen molar-refractivity contribution in [3.05, 3.63) is 42.5 Å². The first-order valence-electron chi connectivity index (χ1n) is 12.0. The molecule has 1 aliphatic heterocycles. The summed E-state index contributed by atoms with van der Waals surface area (Å²) >= 11 is 0. The molecule has 2 aliphatic rings. The Morgan fingerprint density at radius 1 is 1.00 bits per heavy atom. The van der Waals surface area contributed by atoms with E-state index in [9.17, 15) is 5.11 Å². The van der Waals surface area contributed by atoms with Crippen LogP contribution in [0.2, 0.25) is 0 Å². The van der Waals surface area contributed by atoms with Gasteiger partial charge in [-0.05, 0) is 45.6 Å². The number of rotatable bonds is 6. The van der Waals surface area contributed by atoms with Gasteiger partial charge >= 0.3 is 0 Å². The van der Waals surface area contributed by atoms with Crippen molar-refractivity contribution in [3.63, 3.8) is 0 Å². The highest BCUT2D eigenvalue weighted by Crippen LogP contribution is 2.33. The Hall–Kier alpha value is -3.04. The van der Waals surface area contributed by atoms with Gasteiger partial charge in [0.2, 0.25) is 5.95 Å². The molecule has 34 heavy (non-hydrogen) atoms. The quantitative estimate of drug-likeness (QED) is 0.568. The SMILES string of the molecule is CC(C)(O)c1cnc(N[C@H]2CC[C@@H](Oc3cc(N4CCOCC4)cc4nccnc34)CC2)nc1. The Labute approximate surface area is 199 Å². The fourth-order valence-corrected chi connectivity index (χ4v) is 4.53. The normalized spacial score (nSPS) is 21.4. The Bertz CT molecular complexity index is 1100. The van der Waals surface area contributed by atoms with Crippen LogP contribution in [0.5, 0.6) is 5.75 Å². The van der Waals surface area contributed by atoms with Gasteiger partial charge < -0.3 is 24.8 Å². The lowest BCUT2D eigenvalue weighted by Crippen LogP contribution is -2.36. The summed E-state index contributed by atoms with van der Waals surface area (Å²) in [6, 6.07) is 4.49. The lowest BCUT2D eigenvalue weighted by molar-refractivity contribution is 0.0778. The lowest BCUT2D eigenvalue weighted by Gasteiger charge is -2.31. The van der Waals surface area contributed by atoms with E-state index < -0.39 is 5.60 Å². The number of hydrogen-bond donors (Lipinski definition) is 2. The Balaban J connectivity index is 1.23. The van der Waals surface area contributed by atoms with Crippen molar-refractivity contribution in [2.45, 2.75) is 57.3 Å². The van der Waals surface area contributed by atoms with Crippen LogP contribution in [-0.2, 0) is 10.3 Å². The topological polar surface area (TPSA) is 106 Å². The average Bonchev–Trinajstić information content (AvgIpc) is 2.85. The number of fused-ring (bicyclic) bond motifs is 1. The number of aromatic nitrogens is 4. The molecule has 9 nitrogen and oxygen atoms in total. The van der Waals surface area contributed by atoms with Crippen LogP contribution in [0, 0.1) is 0 Å². The second-order valence-corrected chi connectivity index (χ2v) is 9.56. The fraction of sp³-hybridized carbons (Fsp3) is 0.520. The van der Waals surface area contributed by atoms with E-state index in [1.807, 2.05) is 0 Å². The van der Waals surface area contributed by atoms with Gasteiger partial charge in [-0.15, -0.1) is 0 Å². The van der Waals surface area contributed by atoms with Crippen molar-refractivity contribution < 1.29 is 14.6 Å². The van der Waals surface area contributed by atoms with Crippen LogP contribution in [0.4, 0.5) is 11.6 Å². The van der Waals surface area contributed by atoms with Crippen molar-refractivity contribution in [1.29, 1.82) is 0 Å². The maximum atomic E-state index is 10.1. The number of nitrogens with one attached hydrogen (secondary N) is 1. The highest BCUT2D eigenvalue weighted by atomic mass is 16.5. The molecule has 0 bridgehead atoms. The average molecular weight is 465 g/mol. The van der Waals surface area contributed by atoms with E-state index in [4.69, 9.17) is 9.47 Å². The summed E-state index contributed by atoms with van der Waals surface area (Å²) in [5, 5.41) is 13.5. The molecule has 0 atom stereocenters. The van der Waals surface area contributed by atoms with E-state index in [2.05, 4.69) is 42.3 Å². The molecule has 2 aromatic heterocycles. The molecule has 180 valence electrons. The minimum atomic E-state index is -0.943. The van der Waals surface area contributed by atoms with E-state index >= 15 is 0 Å². The molecule has 9 heteroatoms. The summed E-state index contributed by atoms with van der Waals surface area (Å²) < 4.78 is 12.0. The molecule has 3 aromatic rings. The highest BCUT2D eigenvalue weighted by molar-refractivity contribution is 5.85. The zero-order valence-corrected chi connectivity index (χ0v) is 19.8. The largest absolute Gasteiger partial charge is 0.488 e. The predicted molar refractivity (Wildman–Crippen MR) is 130 cm³/mol. The van der Waals surface area contributed by atoms with Gasteiger partial charge in [0.15, 0.2) is 0 Å². The van der Waals surface area contributed by atoms with Crippen LogP contribution < -0.4 is 15.0 Å². The van der Waals surface area contributed by atoms with Crippen molar-refractivity contribution in [3.8, 4) is 5.75 Å². The molecule has 1 aromatic carbocycles. The number of morpholine rings is 1. The van der Waals surface area contributed by atoms with Crippen LogP contribution in [0.3, 0.4) is 0 Å². The zero-order chi connectivity index (χ0) is 23.5. The molecular formula is C25H32N6O3. The predicted octanol–water partition coefficient (Wildman–Crippen LogP) is 3.29. The number of hydrogen-bond acceptors (Lipinski definition) is 9. The minimum absolute atomic E-state index is 0.127. The molecule has 2 fully saturated rings. The van der Waals surface area contributed by atoms with Crippen molar-refractivity contribution in [2.24, 2.45) is 0 Å². The molecule has 2 N–H and O–H groups in total. The third-order valence-electron chi connectivity index (χ3n) is 6.56. The Kier molecular flexibility index (Phi) is 6.47. The second kappa shape index (κ2) is 9.68. The lowest BCUT2D eigenvalue weighted by atomic mass is 9.93. The number of anilines is 2. The van der Waals surface area contributed by atoms with Crippen LogP contribution >= 0.6 is 0 Å². The zero-order valence-electron chi connectivity index (χ0n) is 19.8. The molecule has 0 radical (unpaired) electrons. The number of aliphatic hydroxyl groups is 1. The summed E-state index contributed by atoms with van der Waals surface area (Å²) in [5.74, 6) is 1.39. The van der Waals surface area contributed by atoms with Crippen molar-refractivity contribution in [2.75, 3.05) is 36.5 Å². The molecule has 1 saturated carbocycles. The second-order valence-electron chi connectivity index (χ2n) is 9.56. The minimum Gasteiger partial charge on any atom is -0.488 e. The maximum absolute atomic E-state index is 10.1. The van der Waals surface area contributed by atoms with E-state index in [0.29, 0.717) is 17.6 Å². The summed E-state index contributed by atoms with van der Waals surface area (Å²) in [5.41, 5.74) is 2.52. The summed E-state index contributed by atoms with van der Waals surface area (Å²) in [6.07, 6.45) is 10.7. The monoisotopic (exact) mass is 464 g/mol.